The highest BCUT2D eigenvalue weighted by Crippen LogP contribution is 2.32. The first-order chi connectivity index (χ1) is 8.96. The summed E-state index contributed by atoms with van der Waals surface area (Å²) < 4.78 is 4.90. The van der Waals surface area contributed by atoms with Crippen molar-refractivity contribution in [2.45, 2.75) is 64.1 Å². The Balaban J connectivity index is 1.90. The predicted molar refractivity (Wildman–Crippen MR) is 76.0 cm³/mol. The molecule has 2 fully saturated rings. The smallest absolute Gasteiger partial charge is 0.325 e. The molecule has 0 spiro atoms. The van der Waals surface area contributed by atoms with Gasteiger partial charge >= 0.3 is 5.97 Å². The van der Waals surface area contributed by atoms with Gasteiger partial charge in [-0.1, -0.05) is 0 Å². The highest BCUT2D eigenvalue weighted by atomic mass is 16.5. The highest BCUT2D eigenvalue weighted by Gasteiger charge is 2.43. The number of rotatable bonds is 4. The normalized spacial score (nSPS) is 36.1. The maximum absolute atomic E-state index is 11.8. The van der Waals surface area contributed by atoms with Crippen LogP contribution < -0.4 is 5.32 Å². The number of nitrogens with zero attached hydrogens (tertiary/aromatic N) is 1. The van der Waals surface area contributed by atoms with Gasteiger partial charge in [0.05, 0.1) is 7.11 Å². The van der Waals surface area contributed by atoms with Crippen molar-refractivity contribution in [3.63, 3.8) is 0 Å². The quantitative estimate of drug-likeness (QED) is 0.789. The minimum absolute atomic E-state index is 0.123. The van der Waals surface area contributed by atoms with Crippen molar-refractivity contribution >= 4 is 5.97 Å². The molecule has 2 saturated heterocycles. The molecule has 1 N–H and O–H groups in total. The Labute approximate surface area is 116 Å². The first-order valence-electron chi connectivity index (χ1n) is 7.55. The molecule has 0 aromatic carbocycles. The van der Waals surface area contributed by atoms with Gasteiger partial charge in [-0.25, -0.2) is 0 Å². The first kappa shape index (κ1) is 14.8. The van der Waals surface area contributed by atoms with E-state index in [9.17, 15) is 4.79 Å². The second-order valence-corrected chi connectivity index (χ2v) is 6.64. The van der Waals surface area contributed by atoms with E-state index in [-0.39, 0.29) is 5.97 Å². The van der Waals surface area contributed by atoms with E-state index in [1.54, 1.807) is 0 Å². The minimum atomic E-state index is -0.472. The van der Waals surface area contributed by atoms with Gasteiger partial charge in [-0.3, -0.25) is 9.69 Å². The number of methoxy groups -OCH3 is 1. The van der Waals surface area contributed by atoms with Crippen molar-refractivity contribution in [3.05, 3.63) is 0 Å². The molecule has 2 aliphatic heterocycles. The molecule has 3 unspecified atom stereocenters. The standard InChI is InChI=1S/C15H28N2O2/c1-11(2)17-7-5-6-13(17)8-12-9-15(3,16-10-12)14(18)19-4/h11-13,16H,5-10H2,1-4H3. The third-order valence-electron chi connectivity index (χ3n) is 4.81. The summed E-state index contributed by atoms with van der Waals surface area (Å²) in [5.74, 6) is 0.468. The molecule has 3 atom stereocenters. The zero-order chi connectivity index (χ0) is 14.0. The first-order valence-corrected chi connectivity index (χ1v) is 7.55. The van der Waals surface area contributed by atoms with Crippen LogP contribution in [0.5, 0.6) is 0 Å². The molecule has 4 heteroatoms. The Hall–Kier alpha value is -0.610. The Morgan fingerprint density at radius 1 is 1.53 bits per heavy atom. The Kier molecular flexibility index (Phi) is 4.51. The largest absolute Gasteiger partial charge is 0.468 e. The van der Waals surface area contributed by atoms with Crippen LogP contribution in [0.2, 0.25) is 0 Å². The second kappa shape index (κ2) is 5.80. The van der Waals surface area contributed by atoms with Gasteiger partial charge in [0.2, 0.25) is 0 Å². The lowest BCUT2D eigenvalue weighted by atomic mass is 9.90. The monoisotopic (exact) mass is 268 g/mol. The molecular weight excluding hydrogens is 240 g/mol. The van der Waals surface area contributed by atoms with Gasteiger partial charge in [0.15, 0.2) is 0 Å². The average molecular weight is 268 g/mol. The van der Waals surface area contributed by atoms with Gasteiger partial charge in [-0.2, -0.15) is 0 Å². The van der Waals surface area contributed by atoms with Crippen LogP contribution in [-0.2, 0) is 9.53 Å². The van der Waals surface area contributed by atoms with E-state index in [0.717, 1.165) is 13.0 Å². The summed E-state index contributed by atoms with van der Waals surface area (Å²) >= 11 is 0. The number of likely N-dealkylation sites (tertiary alicyclic amines) is 1. The van der Waals surface area contributed by atoms with Crippen LogP contribution in [0.4, 0.5) is 0 Å². The topological polar surface area (TPSA) is 41.6 Å². The summed E-state index contributed by atoms with van der Waals surface area (Å²) in [7, 11) is 1.47. The maximum atomic E-state index is 11.8. The van der Waals surface area contributed by atoms with E-state index in [2.05, 4.69) is 24.1 Å². The van der Waals surface area contributed by atoms with Crippen molar-refractivity contribution in [2.75, 3.05) is 20.2 Å². The third kappa shape index (κ3) is 3.11. The van der Waals surface area contributed by atoms with Crippen LogP contribution in [0.15, 0.2) is 0 Å². The fourth-order valence-corrected chi connectivity index (χ4v) is 3.81. The number of hydrogen-bond acceptors (Lipinski definition) is 4. The molecule has 4 nitrogen and oxygen atoms in total. The third-order valence-corrected chi connectivity index (χ3v) is 4.81. The zero-order valence-electron chi connectivity index (χ0n) is 12.7. The van der Waals surface area contributed by atoms with Crippen LogP contribution in [0.25, 0.3) is 0 Å². The number of esters is 1. The van der Waals surface area contributed by atoms with Gasteiger partial charge in [-0.05, 0) is 65.5 Å². The number of nitrogens with one attached hydrogen (secondary N) is 1. The summed E-state index contributed by atoms with van der Waals surface area (Å²) in [5, 5.41) is 3.36. The lowest BCUT2D eigenvalue weighted by Crippen LogP contribution is -2.45. The number of hydrogen-bond donors (Lipinski definition) is 1. The molecular formula is C15H28N2O2. The van der Waals surface area contributed by atoms with Gasteiger partial charge < -0.3 is 10.1 Å². The summed E-state index contributed by atoms with van der Waals surface area (Å²) in [6.07, 6.45) is 4.74. The summed E-state index contributed by atoms with van der Waals surface area (Å²) in [4.78, 5) is 14.4. The SMILES string of the molecule is COC(=O)C1(C)CC(CC2CCCN2C(C)C)CN1. The van der Waals surface area contributed by atoms with E-state index in [0.29, 0.717) is 18.0 Å². The van der Waals surface area contributed by atoms with Gasteiger partial charge in [0, 0.05) is 12.1 Å². The van der Waals surface area contributed by atoms with Crippen molar-refractivity contribution < 1.29 is 9.53 Å². The van der Waals surface area contributed by atoms with Crippen LogP contribution in [0.3, 0.4) is 0 Å². The highest BCUT2D eigenvalue weighted by molar-refractivity contribution is 5.80. The van der Waals surface area contributed by atoms with Gasteiger partial charge in [0.25, 0.3) is 0 Å². The van der Waals surface area contributed by atoms with Crippen molar-refractivity contribution in [3.8, 4) is 0 Å². The van der Waals surface area contributed by atoms with E-state index in [1.165, 1.54) is 32.9 Å². The number of ether oxygens (including phenoxy) is 1. The molecule has 0 aliphatic carbocycles. The van der Waals surface area contributed by atoms with Crippen LogP contribution in [0, 0.1) is 5.92 Å². The van der Waals surface area contributed by atoms with Gasteiger partial charge in [-0.15, -0.1) is 0 Å². The molecule has 0 bridgehead atoms. The van der Waals surface area contributed by atoms with E-state index in [4.69, 9.17) is 4.74 Å². The van der Waals surface area contributed by atoms with Crippen molar-refractivity contribution in [2.24, 2.45) is 5.92 Å². The summed E-state index contributed by atoms with van der Waals surface area (Å²) in [5.41, 5.74) is -0.472. The van der Waals surface area contributed by atoms with Crippen molar-refractivity contribution in [1.29, 1.82) is 0 Å². The minimum Gasteiger partial charge on any atom is -0.468 e. The molecule has 0 saturated carbocycles. The lowest BCUT2D eigenvalue weighted by Gasteiger charge is -2.30. The molecule has 0 radical (unpaired) electrons. The van der Waals surface area contributed by atoms with E-state index in [1.807, 2.05) is 6.92 Å². The summed E-state index contributed by atoms with van der Waals surface area (Å²) in [6, 6.07) is 1.33. The summed E-state index contributed by atoms with van der Waals surface area (Å²) in [6.45, 7) is 8.70. The van der Waals surface area contributed by atoms with Crippen LogP contribution in [0.1, 0.15) is 46.5 Å². The fourth-order valence-electron chi connectivity index (χ4n) is 3.81. The molecule has 110 valence electrons. The molecule has 2 heterocycles. The van der Waals surface area contributed by atoms with Crippen LogP contribution in [-0.4, -0.2) is 48.7 Å². The molecule has 2 aliphatic rings. The molecule has 19 heavy (non-hydrogen) atoms. The molecule has 0 aromatic heterocycles. The van der Waals surface area contributed by atoms with Gasteiger partial charge in [0.1, 0.15) is 5.54 Å². The van der Waals surface area contributed by atoms with E-state index < -0.39 is 5.54 Å². The molecule has 0 aromatic rings. The lowest BCUT2D eigenvalue weighted by molar-refractivity contribution is -0.147. The number of carbonyl (C=O) groups is 1. The maximum Gasteiger partial charge on any atom is 0.325 e. The number of carbonyl (C=O) groups excluding carboxylic acids is 1. The fraction of sp³-hybridized carbons (Fsp3) is 0.933. The van der Waals surface area contributed by atoms with E-state index >= 15 is 0 Å². The molecule has 2 rings (SSSR count). The Bertz CT molecular complexity index is 332. The van der Waals surface area contributed by atoms with Crippen molar-refractivity contribution in [1.82, 2.24) is 10.2 Å². The predicted octanol–water partition coefficient (Wildman–Crippen LogP) is 1.79. The van der Waals surface area contributed by atoms with Crippen LogP contribution >= 0.6 is 0 Å². The second-order valence-electron chi connectivity index (χ2n) is 6.64. The Morgan fingerprint density at radius 2 is 2.26 bits per heavy atom. The Morgan fingerprint density at radius 3 is 2.89 bits per heavy atom. The average Bonchev–Trinajstić information content (AvgIpc) is 2.97. The zero-order valence-corrected chi connectivity index (χ0v) is 12.7. The molecule has 0 amide bonds.